The van der Waals surface area contributed by atoms with Crippen LogP contribution in [-0.2, 0) is 16.1 Å². The van der Waals surface area contributed by atoms with Crippen molar-refractivity contribution in [3.63, 3.8) is 0 Å². The molecule has 0 saturated carbocycles. The first kappa shape index (κ1) is 18.4. The molecular formula is C18H17N5O3S. The summed E-state index contributed by atoms with van der Waals surface area (Å²) < 4.78 is 6.92. The number of carbonyl (C=O) groups excluding carboxylic acids is 1. The lowest BCUT2D eigenvalue weighted by molar-refractivity contribution is -0.136. The monoisotopic (exact) mass is 383 g/mol. The lowest BCUT2D eigenvalue weighted by Gasteiger charge is -2.00. The van der Waals surface area contributed by atoms with E-state index in [1.165, 1.54) is 10.8 Å². The predicted molar refractivity (Wildman–Crippen MR) is 103 cm³/mol. The van der Waals surface area contributed by atoms with Crippen molar-refractivity contribution in [3.8, 4) is 6.07 Å². The number of nitrogens with one attached hydrogen (secondary N) is 2. The van der Waals surface area contributed by atoms with Crippen molar-refractivity contribution >= 4 is 46.1 Å². The number of nitrogens with zero attached hydrogens (tertiary/aromatic N) is 3. The highest BCUT2D eigenvalue weighted by molar-refractivity contribution is 7.07. The van der Waals surface area contributed by atoms with Gasteiger partial charge < -0.3 is 15.0 Å². The maximum absolute atomic E-state index is 12.6. The number of aromatic amines is 1. The Morgan fingerprint density at radius 3 is 2.89 bits per heavy atom. The Bertz CT molecular complexity index is 1180. The van der Waals surface area contributed by atoms with Gasteiger partial charge in [0.2, 0.25) is 5.95 Å². The zero-order chi connectivity index (χ0) is 19.4. The standard InChI is InChI=1S/C18H17N5O3S/c1-3-23-15(24)14(27-16(23)11(9-19)17(25)26-4-2)10-20-18-21-12-7-5-6-8-13(12)22-18/h5-8,10H,3-4H2,1-2H3,(H2,20,21,22)/b14-10+,16-11+. The van der Waals surface area contributed by atoms with E-state index in [4.69, 9.17) is 4.74 Å². The summed E-state index contributed by atoms with van der Waals surface area (Å²) in [4.78, 5) is 32.1. The SMILES string of the molecule is CCOC(=O)/C(C#N)=c1/s/c(=C/Nc2nc3ccccc3[nH]2)c(=O)n1CC. The van der Waals surface area contributed by atoms with Crippen LogP contribution in [0.4, 0.5) is 5.95 Å². The summed E-state index contributed by atoms with van der Waals surface area (Å²) in [6.07, 6.45) is 1.51. The van der Waals surface area contributed by atoms with E-state index in [-0.39, 0.29) is 22.4 Å². The molecule has 138 valence electrons. The van der Waals surface area contributed by atoms with Crippen molar-refractivity contribution in [2.45, 2.75) is 20.4 Å². The molecule has 0 bridgehead atoms. The molecule has 8 nitrogen and oxygen atoms in total. The number of rotatable bonds is 5. The lowest BCUT2D eigenvalue weighted by atomic mass is 10.3. The Kier molecular flexibility index (Phi) is 5.38. The van der Waals surface area contributed by atoms with Crippen LogP contribution in [0.2, 0.25) is 0 Å². The molecule has 9 heteroatoms. The molecule has 0 unspecified atom stereocenters. The Balaban J connectivity index is 2.07. The molecule has 0 saturated heterocycles. The Morgan fingerprint density at radius 1 is 1.44 bits per heavy atom. The van der Waals surface area contributed by atoms with Crippen molar-refractivity contribution in [1.82, 2.24) is 14.5 Å². The van der Waals surface area contributed by atoms with Crippen LogP contribution in [0.15, 0.2) is 29.1 Å². The molecule has 0 radical (unpaired) electrons. The third kappa shape index (κ3) is 3.61. The molecule has 27 heavy (non-hydrogen) atoms. The highest BCUT2D eigenvalue weighted by atomic mass is 32.1. The molecule has 3 rings (SSSR count). The third-order valence-corrected chi connectivity index (χ3v) is 4.89. The number of anilines is 1. The summed E-state index contributed by atoms with van der Waals surface area (Å²) in [5, 5.41) is 12.3. The van der Waals surface area contributed by atoms with Crippen LogP contribution in [0.25, 0.3) is 22.8 Å². The van der Waals surface area contributed by atoms with Crippen LogP contribution in [0.1, 0.15) is 13.8 Å². The van der Waals surface area contributed by atoms with Crippen LogP contribution in [-0.4, -0.2) is 27.1 Å². The number of carbonyl (C=O) groups is 1. The summed E-state index contributed by atoms with van der Waals surface area (Å²) in [5.41, 5.74) is 1.20. The number of aromatic nitrogens is 3. The second kappa shape index (κ2) is 7.88. The van der Waals surface area contributed by atoms with Gasteiger partial charge in [0, 0.05) is 12.7 Å². The number of thiazole rings is 1. The molecule has 3 aromatic rings. The fraction of sp³-hybridized carbons (Fsp3) is 0.222. The van der Waals surface area contributed by atoms with Gasteiger partial charge >= 0.3 is 5.97 Å². The van der Waals surface area contributed by atoms with E-state index in [2.05, 4.69) is 15.3 Å². The molecule has 0 aliphatic heterocycles. The number of esters is 1. The van der Waals surface area contributed by atoms with Crippen molar-refractivity contribution < 1.29 is 9.53 Å². The fourth-order valence-electron chi connectivity index (χ4n) is 2.53. The minimum absolute atomic E-state index is 0.151. The summed E-state index contributed by atoms with van der Waals surface area (Å²) in [6.45, 7) is 3.91. The number of imidazole rings is 1. The van der Waals surface area contributed by atoms with Crippen LogP contribution >= 0.6 is 11.3 Å². The molecular weight excluding hydrogens is 366 g/mol. The van der Waals surface area contributed by atoms with Crippen molar-refractivity contribution in [3.05, 3.63) is 43.8 Å². The molecule has 1 aromatic carbocycles. The van der Waals surface area contributed by atoms with Gasteiger partial charge in [-0.05, 0) is 26.0 Å². The van der Waals surface area contributed by atoms with Gasteiger partial charge in [-0.25, -0.2) is 9.78 Å². The summed E-state index contributed by atoms with van der Waals surface area (Å²) >= 11 is 1.05. The number of ether oxygens (including phenoxy) is 1. The van der Waals surface area contributed by atoms with Gasteiger partial charge in [-0.15, -0.1) is 11.3 Å². The highest BCUT2D eigenvalue weighted by Gasteiger charge is 2.16. The number of fused-ring (bicyclic) bond motifs is 1. The van der Waals surface area contributed by atoms with Gasteiger partial charge in [-0.2, -0.15) is 5.26 Å². The third-order valence-electron chi connectivity index (χ3n) is 3.76. The van der Waals surface area contributed by atoms with Gasteiger partial charge in [-0.1, -0.05) is 12.1 Å². The summed E-state index contributed by atoms with van der Waals surface area (Å²) in [6, 6.07) is 9.40. The fourth-order valence-corrected chi connectivity index (χ4v) is 3.61. The van der Waals surface area contributed by atoms with Crippen LogP contribution in [0.5, 0.6) is 0 Å². The van der Waals surface area contributed by atoms with Gasteiger partial charge in [0.15, 0.2) is 5.57 Å². The van der Waals surface area contributed by atoms with Crippen molar-refractivity contribution in [2.24, 2.45) is 0 Å². The average molecular weight is 383 g/mol. The normalized spacial score (nSPS) is 12.7. The largest absolute Gasteiger partial charge is 0.462 e. The maximum atomic E-state index is 12.6. The molecule has 2 N–H and O–H groups in total. The zero-order valence-corrected chi connectivity index (χ0v) is 15.6. The highest BCUT2D eigenvalue weighted by Crippen LogP contribution is 2.12. The number of hydrogen-bond acceptors (Lipinski definition) is 7. The van der Waals surface area contributed by atoms with E-state index in [9.17, 15) is 14.9 Å². The van der Waals surface area contributed by atoms with E-state index in [1.807, 2.05) is 30.3 Å². The number of benzene rings is 1. The number of nitriles is 1. The first-order valence-corrected chi connectivity index (χ1v) is 9.13. The Labute approximate surface area is 158 Å². The van der Waals surface area contributed by atoms with Gasteiger partial charge in [0.25, 0.3) is 5.56 Å². The predicted octanol–water partition coefficient (Wildman–Crippen LogP) is 0.893. The molecule has 0 spiro atoms. The summed E-state index contributed by atoms with van der Waals surface area (Å²) in [5.74, 6) is -0.247. The average Bonchev–Trinajstić information content (AvgIpc) is 3.21. The Hall–Kier alpha value is -3.38. The van der Waals surface area contributed by atoms with E-state index in [0.29, 0.717) is 17.0 Å². The maximum Gasteiger partial charge on any atom is 0.351 e. The smallest absolute Gasteiger partial charge is 0.351 e. The van der Waals surface area contributed by atoms with E-state index in [0.717, 1.165) is 22.4 Å². The summed E-state index contributed by atoms with van der Waals surface area (Å²) in [7, 11) is 0. The molecule has 2 aromatic heterocycles. The van der Waals surface area contributed by atoms with E-state index < -0.39 is 5.97 Å². The van der Waals surface area contributed by atoms with Crippen molar-refractivity contribution in [1.29, 1.82) is 5.26 Å². The second-order valence-corrected chi connectivity index (χ2v) is 6.45. The molecule has 0 aliphatic carbocycles. The number of H-pyrrole nitrogens is 1. The molecule has 2 heterocycles. The van der Waals surface area contributed by atoms with Crippen LogP contribution in [0.3, 0.4) is 0 Å². The Morgan fingerprint density at radius 2 is 2.22 bits per heavy atom. The second-order valence-electron chi connectivity index (χ2n) is 5.42. The molecule has 0 amide bonds. The van der Waals surface area contributed by atoms with Gasteiger partial charge in [0.1, 0.15) is 15.3 Å². The van der Waals surface area contributed by atoms with Crippen molar-refractivity contribution in [2.75, 3.05) is 11.9 Å². The van der Waals surface area contributed by atoms with E-state index >= 15 is 0 Å². The number of hydrogen-bond donors (Lipinski definition) is 2. The quantitative estimate of drug-likeness (QED) is 0.633. The van der Waals surface area contributed by atoms with E-state index in [1.54, 1.807) is 13.8 Å². The van der Waals surface area contributed by atoms with Crippen LogP contribution in [0, 0.1) is 11.3 Å². The molecule has 0 atom stereocenters. The first-order valence-electron chi connectivity index (χ1n) is 8.31. The van der Waals surface area contributed by atoms with Crippen LogP contribution < -0.4 is 20.1 Å². The minimum atomic E-state index is -0.736. The van der Waals surface area contributed by atoms with Gasteiger partial charge in [-0.3, -0.25) is 9.36 Å². The molecule has 0 aliphatic rings. The zero-order valence-electron chi connectivity index (χ0n) is 14.8. The topological polar surface area (TPSA) is 113 Å². The number of para-hydroxylation sites is 2. The lowest BCUT2D eigenvalue weighted by Crippen LogP contribution is -2.32. The van der Waals surface area contributed by atoms with Gasteiger partial charge in [0.05, 0.1) is 17.6 Å². The molecule has 0 fully saturated rings. The minimum Gasteiger partial charge on any atom is -0.462 e. The first-order chi connectivity index (χ1) is 13.1.